The first-order valence-electron chi connectivity index (χ1n) is 6.91. The van der Waals surface area contributed by atoms with Crippen LogP contribution in [0.25, 0.3) is 0 Å². The Morgan fingerprint density at radius 1 is 1.26 bits per heavy atom. The fourth-order valence-electron chi connectivity index (χ4n) is 1.68. The third-order valence-electron chi connectivity index (χ3n) is 3.04. The molecule has 0 unspecified atom stereocenters. The first-order chi connectivity index (χ1) is 11.0. The van der Waals surface area contributed by atoms with Crippen molar-refractivity contribution in [1.82, 2.24) is 10.4 Å². The molecule has 0 bridgehead atoms. The van der Waals surface area contributed by atoms with E-state index >= 15 is 0 Å². The quantitative estimate of drug-likeness (QED) is 0.462. The van der Waals surface area contributed by atoms with Crippen LogP contribution in [0.2, 0.25) is 0 Å². The van der Waals surface area contributed by atoms with E-state index < -0.39 is 0 Å². The second kappa shape index (κ2) is 9.42. The van der Waals surface area contributed by atoms with Gasteiger partial charge in [-0.05, 0) is 6.92 Å². The Morgan fingerprint density at radius 2 is 1.96 bits per heavy atom. The highest BCUT2D eigenvalue weighted by molar-refractivity contribution is 6.45. The molecular formula is C15H22N4O4. The third-order valence-corrected chi connectivity index (χ3v) is 3.04. The molecule has 1 aromatic rings. The van der Waals surface area contributed by atoms with Crippen LogP contribution in [-0.2, 0) is 25.9 Å². The molecule has 1 aromatic carbocycles. The van der Waals surface area contributed by atoms with Crippen LogP contribution in [0.3, 0.4) is 0 Å². The van der Waals surface area contributed by atoms with Crippen molar-refractivity contribution < 1.29 is 19.3 Å². The maximum absolute atomic E-state index is 12.0. The molecule has 1 amide bonds. The number of hydroxylamine groups is 2. The van der Waals surface area contributed by atoms with Gasteiger partial charge in [0.1, 0.15) is 13.7 Å². The molecular weight excluding hydrogens is 300 g/mol. The molecule has 0 saturated carbocycles. The third kappa shape index (κ3) is 5.26. The molecule has 8 heteroatoms. The van der Waals surface area contributed by atoms with Gasteiger partial charge < -0.3 is 15.0 Å². The molecule has 0 aromatic heterocycles. The van der Waals surface area contributed by atoms with E-state index in [0.717, 1.165) is 5.56 Å². The smallest absolute Gasteiger partial charge is 0.273 e. The lowest BCUT2D eigenvalue weighted by Crippen LogP contribution is -2.29. The van der Waals surface area contributed by atoms with Crippen LogP contribution in [0, 0.1) is 0 Å². The highest BCUT2D eigenvalue weighted by Crippen LogP contribution is 2.12. The minimum atomic E-state index is -0.349. The summed E-state index contributed by atoms with van der Waals surface area (Å²) >= 11 is 0. The number of benzene rings is 1. The van der Waals surface area contributed by atoms with Gasteiger partial charge in [0.25, 0.3) is 5.91 Å². The van der Waals surface area contributed by atoms with E-state index in [2.05, 4.69) is 15.6 Å². The van der Waals surface area contributed by atoms with Gasteiger partial charge in [-0.3, -0.25) is 9.63 Å². The normalized spacial score (nSPS) is 11.9. The number of likely N-dealkylation sites (N-methyl/N-ethyl adjacent to an activating group) is 1. The molecule has 1 rings (SSSR count). The molecule has 0 aliphatic rings. The van der Waals surface area contributed by atoms with Gasteiger partial charge >= 0.3 is 0 Å². The fourth-order valence-corrected chi connectivity index (χ4v) is 1.68. The zero-order valence-electron chi connectivity index (χ0n) is 14.0. The Hall–Kier alpha value is -2.61. The fraction of sp³-hybridized carbons (Fsp3) is 0.400. The van der Waals surface area contributed by atoms with Crippen LogP contribution in [0.15, 0.2) is 34.6 Å². The summed E-state index contributed by atoms with van der Waals surface area (Å²) in [6.07, 6.45) is 0. The molecule has 0 atom stereocenters. The Morgan fingerprint density at radius 3 is 2.57 bits per heavy atom. The summed E-state index contributed by atoms with van der Waals surface area (Å²) in [5.41, 5.74) is 1.54. The summed E-state index contributed by atoms with van der Waals surface area (Å²) < 4.78 is 0. The van der Waals surface area contributed by atoms with Crippen LogP contribution >= 0.6 is 0 Å². The van der Waals surface area contributed by atoms with Crippen molar-refractivity contribution in [2.45, 2.75) is 13.5 Å². The van der Waals surface area contributed by atoms with Gasteiger partial charge in [-0.2, -0.15) is 0 Å². The zero-order chi connectivity index (χ0) is 17.2. The van der Waals surface area contributed by atoms with Crippen molar-refractivity contribution in [1.29, 1.82) is 0 Å². The minimum Gasteiger partial charge on any atom is -0.398 e. The highest BCUT2D eigenvalue weighted by atomic mass is 16.7. The molecule has 23 heavy (non-hydrogen) atoms. The minimum absolute atomic E-state index is 0.170. The van der Waals surface area contributed by atoms with E-state index in [1.807, 2.05) is 12.1 Å². The summed E-state index contributed by atoms with van der Waals surface area (Å²) in [5.74, 6) is 0.208. The zero-order valence-corrected chi connectivity index (χ0v) is 14.0. The van der Waals surface area contributed by atoms with Gasteiger partial charge in [0, 0.05) is 25.2 Å². The first-order valence-corrected chi connectivity index (χ1v) is 6.91. The average molecular weight is 322 g/mol. The Bertz CT molecular complexity index is 587. The number of oxime groups is 2. The summed E-state index contributed by atoms with van der Waals surface area (Å²) in [6, 6.07) is 7.24. The monoisotopic (exact) mass is 322 g/mol. The number of rotatable bonds is 7. The number of amidine groups is 1. The number of amides is 1. The molecule has 126 valence electrons. The molecule has 0 saturated heterocycles. The Balaban J connectivity index is 2.97. The molecule has 0 fully saturated rings. The largest absolute Gasteiger partial charge is 0.398 e. The number of nitrogens with one attached hydrogen (secondary N) is 1. The lowest BCUT2D eigenvalue weighted by atomic mass is 10.0. The maximum Gasteiger partial charge on any atom is 0.273 e. The van der Waals surface area contributed by atoms with Crippen LogP contribution in [0.1, 0.15) is 18.1 Å². The molecule has 0 aliphatic heterocycles. The Kier molecular flexibility index (Phi) is 7.55. The van der Waals surface area contributed by atoms with Crippen molar-refractivity contribution >= 4 is 17.5 Å². The van der Waals surface area contributed by atoms with Crippen LogP contribution in [-0.4, -0.2) is 50.8 Å². The van der Waals surface area contributed by atoms with Crippen molar-refractivity contribution in [2.75, 3.05) is 28.3 Å². The SMILES string of the molecule is CNC(=O)/C(=N/OC)c1ccccc1CO/N=C(\C)N(C)OC. The van der Waals surface area contributed by atoms with Gasteiger partial charge in [0.05, 0.1) is 7.11 Å². The predicted molar refractivity (Wildman–Crippen MR) is 86.7 cm³/mol. The predicted octanol–water partition coefficient (Wildman–Crippen LogP) is 1.13. The number of carbonyl (C=O) groups is 1. The summed E-state index contributed by atoms with van der Waals surface area (Å²) in [7, 11) is 6.16. The summed E-state index contributed by atoms with van der Waals surface area (Å²) in [5, 5.41) is 11.7. The van der Waals surface area contributed by atoms with Gasteiger partial charge in [0.2, 0.25) is 0 Å². The van der Waals surface area contributed by atoms with Crippen LogP contribution in [0.5, 0.6) is 0 Å². The molecule has 0 radical (unpaired) electrons. The van der Waals surface area contributed by atoms with Gasteiger partial charge in [0.15, 0.2) is 11.5 Å². The average Bonchev–Trinajstić information content (AvgIpc) is 2.58. The lowest BCUT2D eigenvalue weighted by molar-refractivity contribution is -0.114. The number of nitrogens with zero attached hydrogens (tertiary/aromatic N) is 3. The van der Waals surface area contributed by atoms with Gasteiger partial charge in [-0.1, -0.05) is 34.6 Å². The highest BCUT2D eigenvalue weighted by Gasteiger charge is 2.17. The number of hydrogen-bond acceptors (Lipinski definition) is 6. The summed E-state index contributed by atoms with van der Waals surface area (Å²) in [4.78, 5) is 27.0. The van der Waals surface area contributed by atoms with E-state index in [1.54, 1.807) is 26.1 Å². The van der Waals surface area contributed by atoms with E-state index in [1.165, 1.54) is 26.3 Å². The van der Waals surface area contributed by atoms with E-state index in [0.29, 0.717) is 11.4 Å². The number of hydrogen-bond donors (Lipinski definition) is 1. The van der Waals surface area contributed by atoms with Gasteiger partial charge in [-0.25, -0.2) is 5.06 Å². The van der Waals surface area contributed by atoms with Crippen LogP contribution < -0.4 is 5.32 Å². The first kappa shape index (κ1) is 18.4. The second-order valence-corrected chi connectivity index (χ2v) is 4.45. The topological polar surface area (TPSA) is 84.8 Å². The molecule has 0 heterocycles. The van der Waals surface area contributed by atoms with Crippen molar-refractivity contribution in [3.05, 3.63) is 35.4 Å². The van der Waals surface area contributed by atoms with Crippen molar-refractivity contribution in [3.8, 4) is 0 Å². The van der Waals surface area contributed by atoms with Gasteiger partial charge in [-0.15, -0.1) is 0 Å². The molecule has 8 nitrogen and oxygen atoms in total. The molecule has 1 N–H and O–H groups in total. The standard InChI is InChI=1S/C15H22N4O4/c1-11(19(3)22-5)17-23-10-12-8-6-7-9-13(12)14(18-21-4)15(20)16-2/h6-9H,10H2,1-5H3,(H,16,20)/b17-11+,18-14+. The Labute approximate surface area is 135 Å². The van der Waals surface area contributed by atoms with Crippen LogP contribution in [0.4, 0.5) is 0 Å². The van der Waals surface area contributed by atoms with E-state index in [4.69, 9.17) is 14.5 Å². The second-order valence-electron chi connectivity index (χ2n) is 4.45. The summed E-state index contributed by atoms with van der Waals surface area (Å²) in [6.45, 7) is 1.92. The molecule has 0 aliphatic carbocycles. The van der Waals surface area contributed by atoms with Crippen molar-refractivity contribution in [2.24, 2.45) is 10.3 Å². The molecule has 0 spiro atoms. The maximum atomic E-state index is 12.0. The number of carbonyl (C=O) groups excluding carboxylic acids is 1. The van der Waals surface area contributed by atoms with E-state index in [-0.39, 0.29) is 18.2 Å². The van der Waals surface area contributed by atoms with Crippen molar-refractivity contribution in [3.63, 3.8) is 0 Å². The van der Waals surface area contributed by atoms with E-state index in [9.17, 15) is 4.79 Å². The lowest BCUT2D eigenvalue weighted by Gasteiger charge is -2.14.